The highest BCUT2D eigenvalue weighted by Gasteiger charge is 2.24. The van der Waals surface area contributed by atoms with E-state index in [-0.39, 0.29) is 5.69 Å². The van der Waals surface area contributed by atoms with Crippen molar-refractivity contribution in [3.63, 3.8) is 0 Å². The van der Waals surface area contributed by atoms with Gasteiger partial charge in [0.1, 0.15) is 6.33 Å². The molecule has 1 aliphatic rings. The first-order valence-corrected chi connectivity index (χ1v) is 7.04. The van der Waals surface area contributed by atoms with Crippen molar-refractivity contribution in [1.29, 1.82) is 0 Å². The molecule has 1 N–H and O–H groups in total. The van der Waals surface area contributed by atoms with E-state index >= 15 is 0 Å². The van der Waals surface area contributed by atoms with Crippen molar-refractivity contribution in [3.05, 3.63) is 16.8 Å². The van der Waals surface area contributed by atoms with Crippen LogP contribution in [0.25, 0.3) is 0 Å². The van der Waals surface area contributed by atoms with E-state index in [1.54, 1.807) is 18.1 Å². The first kappa shape index (κ1) is 13.3. The topological polar surface area (TPSA) is 51.9 Å². The van der Waals surface area contributed by atoms with Crippen molar-refractivity contribution in [1.82, 2.24) is 19.7 Å². The second-order valence-electron chi connectivity index (χ2n) is 5.27. The second-order valence-corrected chi connectivity index (χ2v) is 5.27. The third kappa shape index (κ3) is 3.02. The van der Waals surface area contributed by atoms with Gasteiger partial charge in [0.2, 0.25) is 0 Å². The highest BCUT2D eigenvalue weighted by atomic mass is 16.2. The minimum Gasteiger partial charge on any atom is -0.312 e. The Hall–Kier alpha value is -1.10. The van der Waals surface area contributed by atoms with E-state index < -0.39 is 0 Å². The highest BCUT2D eigenvalue weighted by molar-refractivity contribution is 4.80. The summed E-state index contributed by atoms with van der Waals surface area (Å²) < 4.78 is 3.12. The van der Waals surface area contributed by atoms with E-state index in [0.717, 1.165) is 6.54 Å². The molecular formula is C13H24N4O. The number of nitrogens with zero attached hydrogens (tertiary/aromatic N) is 3. The van der Waals surface area contributed by atoms with Crippen LogP contribution in [0.15, 0.2) is 11.1 Å². The molecule has 0 amide bonds. The monoisotopic (exact) mass is 252 g/mol. The SMILES string of the molecule is CCNC(Cn1ncn(C)c1=O)C1CCCCC1. The molecule has 1 aliphatic carbocycles. The van der Waals surface area contributed by atoms with E-state index in [9.17, 15) is 4.79 Å². The van der Waals surface area contributed by atoms with E-state index in [2.05, 4.69) is 17.3 Å². The summed E-state index contributed by atoms with van der Waals surface area (Å²) in [6.45, 7) is 3.76. The first-order valence-electron chi connectivity index (χ1n) is 7.04. The van der Waals surface area contributed by atoms with Gasteiger partial charge in [0.25, 0.3) is 0 Å². The van der Waals surface area contributed by atoms with Gasteiger partial charge < -0.3 is 5.32 Å². The van der Waals surface area contributed by atoms with Gasteiger partial charge in [-0.3, -0.25) is 4.57 Å². The molecule has 0 spiro atoms. The third-order valence-electron chi connectivity index (χ3n) is 3.94. The Bertz CT molecular complexity index is 417. The van der Waals surface area contributed by atoms with Crippen LogP contribution in [0.2, 0.25) is 0 Å². The zero-order chi connectivity index (χ0) is 13.0. The molecule has 2 rings (SSSR count). The number of hydrogen-bond donors (Lipinski definition) is 1. The van der Waals surface area contributed by atoms with Crippen molar-refractivity contribution < 1.29 is 0 Å². The van der Waals surface area contributed by atoms with Gasteiger partial charge in [0.15, 0.2) is 0 Å². The highest BCUT2D eigenvalue weighted by Crippen LogP contribution is 2.26. The predicted molar refractivity (Wildman–Crippen MR) is 71.5 cm³/mol. The standard InChI is InChI=1S/C13H24N4O/c1-3-14-12(11-7-5-4-6-8-11)9-17-13(18)16(2)10-15-17/h10-12,14H,3-9H2,1-2H3. The summed E-state index contributed by atoms with van der Waals surface area (Å²) in [6, 6.07) is 0.378. The minimum atomic E-state index is -0.0197. The molecule has 1 atom stereocenters. The average molecular weight is 252 g/mol. The quantitative estimate of drug-likeness (QED) is 0.855. The summed E-state index contributed by atoms with van der Waals surface area (Å²) in [5.74, 6) is 0.688. The fraction of sp³-hybridized carbons (Fsp3) is 0.846. The van der Waals surface area contributed by atoms with Crippen LogP contribution < -0.4 is 11.0 Å². The van der Waals surface area contributed by atoms with Crippen molar-refractivity contribution in [3.8, 4) is 0 Å². The first-order chi connectivity index (χ1) is 8.72. The largest absolute Gasteiger partial charge is 0.345 e. The van der Waals surface area contributed by atoms with Gasteiger partial charge in [-0.15, -0.1) is 0 Å². The number of aromatic nitrogens is 3. The Labute approximate surface area is 108 Å². The Morgan fingerprint density at radius 2 is 2.17 bits per heavy atom. The average Bonchev–Trinajstić information content (AvgIpc) is 2.71. The molecule has 0 radical (unpaired) electrons. The molecule has 0 bridgehead atoms. The fourth-order valence-electron chi connectivity index (χ4n) is 2.91. The lowest BCUT2D eigenvalue weighted by Crippen LogP contribution is -2.43. The lowest BCUT2D eigenvalue weighted by Gasteiger charge is -2.30. The summed E-state index contributed by atoms with van der Waals surface area (Å²) in [5.41, 5.74) is -0.0197. The Morgan fingerprint density at radius 1 is 1.44 bits per heavy atom. The molecule has 0 saturated heterocycles. The van der Waals surface area contributed by atoms with Crippen LogP contribution in [0.1, 0.15) is 39.0 Å². The zero-order valence-corrected chi connectivity index (χ0v) is 11.4. The zero-order valence-electron chi connectivity index (χ0n) is 11.4. The molecular weight excluding hydrogens is 228 g/mol. The van der Waals surface area contributed by atoms with Crippen LogP contribution in [0.4, 0.5) is 0 Å². The molecule has 1 fully saturated rings. The molecule has 18 heavy (non-hydrogen) atoms. The van der Waals surface area contributed by atoms with Crippen LogP contribution in [-0.4, -0.2) is 26.9 Å². The number of rotatable bonds is 5. The lowest BCUT2D eigenvalue weighted by atomic mass is 9.84. The van der Waals surface area contributed by atoms with E-state index in [0.29, 0.717) is 18.5 Å². The number of aryl methyl sites for hydroxylation is 1. The Kier molecular flexibility index (Phi) is 4.58. The van der Waals surface area contributed by atoms with Crippen molar-refractivity contribution >= 4 is 0 Å². The van der Waals surface area contributed by atoms with Crippen molar-refractivity contribution in [2.24, 2.45) is 13.0 Å². The van der Waals surface area contributed by atoms with Crippen LogP contribution in [0.5, 0.6) is 0 Å². The molecule has 1 heterocycles. The van der Waals surface area contributed by atoms with Crippen LogP contribution in [-0.2, 0) is 13.6 Å². The van der Waals surface area contributed by atoms with Gasteiger partial charge in [-0.25, -0.2) is 9.48 Å². The third-order valence-corrected chi connectivity index (χ3v) is 3.94. The summed E-state index contributed by atoms with van der Waals surface area (Å²) in [7, 11) is 1.74. The number of nitrogens with one attached hydrogen (secondary N) is 1. The van der Waals surface area contributed by atoms with Gasteiger partial charge >= 0.3 is 5.69 Å². The maximum atomic E-state index is 11.8. The molecule has 0 aliphatic heterocycles. The number of hydrogen-bond acceptors (Lipinski definition) is 3. The lowest BCUT2D eigenvalue weighted by molar-refractivity contribution is 0.243. The molecule has 1 aromatic heterocycles. The molecule has 5 heteroatoms. The molecule has 0 aromatic carbocycles. The van der Waals surface area contributed by atoms with E-state index in [4.69, 9.17) is 0 Å². The molecule has 5 nitrogen and oxygen atoms in total. The Morgan fingerprint density at radius 3 is 2.72 bits per heavy atom. The summed E-state index contributed by atoms with van der Waals surface area (Å²) >= 11 is 0. The van der Waals surface area contributed by atoms with Gasteiger partial charge in [-0.1, -0.05) is 26.2 Å². The van der Waals surface area contributed by atoms with Crippen molar-refractivity contribution in [2.45, 2.75) is 51.6 Å². The molecule has 1 aromatic rings. The normalized spacial score (nSPS) is 19.0. The van der Waals surface area contributed by atoms with E-state index in [1.807, 2.05) is 0 Å². The smallest absolute Gasteiger partial charge is 0.312 e. The maximum absolute atomic E-state index is 11.8. The van der Waals surface area contributed by atoms with E-state index in [1.165, 1.54) is 36.7 Å². The van der Waals surface area contributed by atoms with Crippen molar-refractivity contribution in [2.75, 3.05) is 6.54 Å². The van der Waals surface area contributed by atoms with Crippen LogP contribution in [0.3, 0.4) is 0 Å². The molecule has 102 valence electrons. The predicted octanol–water partition coefficient (Wildman–Crippen LogP) is 1.14. The van der Waals surface area contributed by atoms with Gasteiger partial charge in [-0.2, -0.15) is 5.10 Å². The summed E-state index contributed by atoms with van der Waals surface area (Å²) in [6.07, 6.45) is 8.15. The molecule has 1 unspecified atom stereocenters. The van der Waals surface area contributed by atoms with Crippen LogP contribution >= 0.6 is 0 Å². The summed E-state index contributed by atoms with van der Waals surface area (Å²) in [5, 5.41) is 7.69. The second kappa shape index (κ2) is 6.18. The van der Waals surface area contributed by atoms with Gasteiger partial charge in [0, 0.05) is 13.1 Å². The minimum absolute atomic E-state index is 0.0197. The maximum Gasteiger partial charge on any atom is 0.345 e. The van der Waals surface area contributed by atoms with Gasteiger partial charge in [0.05, 0.1) is 6.54 Å². The Balaban J connectivity index is 2.05. The molecule has 1 saturated carbocycles. The van der Waals surface area contributed by atoms with Gasteiger partial charge in [-0.05, 0) is 25.3 Å². The summed E-state index contributed by atoms with van der Waals surface area (Å²) in [4.78, 5) is 11.8. The number of likely N-dealkylation sites (N-methyl/N-ethyl adjacent to an activating group) is 1. The fourth-order valence-corrected chi connectivity index (χ4v) is 2.91. The van der Waals surface area contributed by atoms with Crippen LogP contribution in [0, 0.1) is 5.92 Å².